The number of rotatable bonds is 13. The van der Waals surface area contributed by atoms with Gasteiger partial charge in [0.15, 0.2) is 0 Å². The van der Waals surface area contributed by atoms with E-state index in [9.17, 15) is 0 Å². The summed E-state index contributed by atoms with van der Waals surface area (Å²) < 4.78 is 2.23. The molecule has 1 fully saturated rings. The van der Waals surface area contributed by atoms with Gasteiger partial charge < -0.3 is 4.57 Å². The molecule has 0 aliphatic heterocycles. The summed E-state index contributed by atoms with van der Waals surface area (Å²) in [6.07, 6.45) is 24.6. The number of hydrogen-bond acceptors (Lipinski definition) is 2. The monoisotopic (exact) mass is 350 g/mol. The Morgan fingerprint density at radius 2 is 1.92 bits per heavy atom. The fourth-order valence-corrected chi connectivity index (χ4v) is 5.39. The summed E-state index contributed by atoms with van der Waals surface area (Å²) in [5.74, 6) is 2.40. The molecule has 1 aromatic heterocycles. The zero-order valence-corrected chi connectivity index (χ0v) is 16.6. The lowest BCUT2D eigenvalue weighted by Crippen LogP contribution is -2.15. The van der Waals surface area contributed by atoms with E-state index in [0.717, 1.165) is 17.7 Å². The van der Waals surface area contributed by atoms with Crippen LogP contribution in [0.15, 0.2) is 18.7 Å². The van der Waals surface area contributed by atoms with E-state index in [1.807, 2.05) is 12.5 Å². The Bertz CT molecular complexity index is 385. The molecule has 138 valence electrons. The topological polar surface area (TPSA) is 17.8 Å². The Balaban J connectivity index is 1.66. The lowest BCUT2D eigenvalue weighted by Gasteiger charge is -2.26. The molecule has 1 aliphatic rings. The standard InChI is InChI=1S/C21H38N2S/c1-2-3-4-5-9-17-24-21(18-20-11-7-6-8-12-20)13-10-15-23-16-14-22-19-23/h14,16,19-21H,2-13,15,17-18H2,1H3. The second-order valence-corrected chi connectivity index (χ2v) is 9.00. The summed E-state index contributed by atoms with van der Waals surface area (Å²) in [6, 6.07) is 0. The molecule has 2 nitrogen and oxygen atoms in total. The average Bonchev–Trinajstić information content (AvgIpc) is 3.12. The number of nitrogens with zero attached hydrogens (tertiary/aromatic N) is 2. The predicted molar refractivity (Wildman–Crippen MR) is 108 cm³/mol. The molecule has 1 aliphatic carbocycles. The minimum Gasteiger partial charge on any atom is -0.337 e. The number of aryl methyl sites for hydroxylation is 1. The van der Waals surface area contributed by atoms with Crippen LogP contribution in [0.1, 0.15) is 90.4 Å². The maximum Gasteiger partial charge on any atom is 0.0945 e. The van der Waals surface area contributed by atoms with Gasteiger partial charge in [-0.25, -0.2) is 4.98 Å². The molecule has 0 radical (unpaired) electrons. The number of hydrogen-bond donors (Lipinski definition) is 0. The molecule has 1 heterocycles. The van der Waals surface area contributed by atoms with Crippen LogP contribution in [-0.2, 0) is 6.54 Å². The van der Waals surface area contributed by atoms with Crippen molar-refractivity contribution < 1.29 is 0 Å². The van der Waals surface area contributed by atoms with Gasteiger partial charge in [-0.1, -0.05) is 64.7 Å². The van der Waals surface area contributed by atoms with Gasteiger partial charge in [-0.05, 0) is 37.4 Å². The highest BCUT2D eigenvalue weighted by molar-refractivity contribution is 7.99. The zero-order valence-electron chi connectivity index (χ0n) is 15.8. The first kappa shape index (κ1) is 19.9. The van der Waals surface area contributed by atoms with Crippen molar-refractivity contribution in [3.63, 3.8) is 0 Å². The maximum atomic E-state index is 4.16. The van der Waals surface area contributed by atoms with Gasteiger partial charge in [0.25, 0.3) is 0 Å². The molecule has 0 bridgehead atoms. The Labute approximate surface area is 154 Å². The number of unbranched alkanes of at least 4 members (excludes halogenated alkanes) is 4. The number of imidazole rings is 1. The summed E-state index contributed by atoms with van der Waals surface area (Å²) in [4.78, 5) is 4.16. The zero-order chi connectivity index (χ0) is 16.9. The molecule has 0 saturated heterocycles. The summed E-state index contributed by atoms with van der Waals surface area (Å²) in [6.45, 7) is 3.44. The molecule has 0 N–H and O–H groups in total. The van der Waals surface area contributed by atoms with Crippen molar-refractivity contribution in [2.75, 3.05) is 5.75 Å². The quantitative estimate of drug-likeness (QED) is 0.368. The fraction of sp³-hybridized carbons (Fsp3) is 0.857. The molecule has 0 amide bonds. The molecule has 1 aromatic rings. The smallest absolute Gasteiger partial charge is 0.0945 e. The van der Waals surface area contributed by atoms with Crippen molar-refractivity contribution in [2.45, 2.75) is 102 Å². The summed E-state index contributed by atoms with van der Waals surface area (Å²) in [5.41, 5.74) is 0. The van der Waals surface area contributed by atoms with Crippen molar-refractivity contribution in [3.8, 4) is 0 Å². The average molecular weight is 351 g/mol. The predicted octanol–water partition coefficient (Wildman–Crippen LogP) is 6.71. The molecule has 0 spiro atoms. The van der Waals surface area contributed by atoms with Gasteiger partial charge in [-0.2, -0.15) is 11.8 Å². The minimum absolute atomic E-state index is 0.891. The van der Waals surface area contributed by atoms with Gasteiger partial charge in [0.1, 0.15) is 0 Å². The molecule has 2 rings (SSSR count). The Kier molecular flexibility index (Phi) is 10.6. The normalized spacial score (nSPS) is 17.2. The van der Waals surface area contributed by atoms with Crippen LogP contribution >= 0.6 is 11.8 Å². The third kappa shape index (κ3) is 8.60. The second-order valence-electron chi connectivity index (χ2n) is 7.59. The van der Waals surface area contributed by atoms with Crippen molar-refractivity contribution >= 4 is 11.8 Å². The summed E-state index contributed by atoms with van der Waals surface area (Å²) in [7, 11) is 0. The number of thioether (sulfide) groups is 1. The highest BCUT2D eigenvalue weighted by Crippen LogP contribution is 2.33. The molecule has 1 saturated carbocycles. The van der Waals surface area contributed by atoms with Gasteiger partial charge in [-0.3, -0.25) is 0 Å². The Morgan fingerprint density at radius 3 is 2.67 bits per heavy atom. The van der Waals surface area contributed by atoms with Crippen LogP contribution in [0.4, 0.5) is 0 Å². The van der Waals surface area contributed by atoms with Crippen molar-refractivity contribution in [1.29, 1.82) is 0 Å². The van der Waals surface area contributed by atoms with Crippen LogP contribution < -0.4 is 0 Å². The first-order valence-corrected chi connectivity index (χ1v) is 11.5. The van der Waals surface area contributed by atoms with E-state index in [4.69, 9.17) is 0 Å². The van der Waals surface area contributed by atoms with Crippen LogP contribution in [0.2, 0.25) is 0 Å². The first-order valence-electron chi connectivity index (χ1n) is 10.5. The lowest BCUT2D eigenvalue weighted by molar-refractivity contribution is 0.331. The third-order valence-electron chi connectivity index (χ3n) is 5.42. The van der Waals surface area contributed by atoms with E-state index >= 15 is 0 Å². The van der Waals surface area contributed by atoms with Gasteiger partial charge in [0, 0.05) is 24.2 Å². The Hall–Kier alpha value is -0.440. The molecule has 0 aromatic carbocycles. The van der Waals surface area contributed by atoms with E-state index in [-0.39, 0.29) is 0 Å². The van der Waals surface area contributed by atoms with Gasteiger partial charge in [-0.15, -0.1) is 0 Å². The van der Waals surface area contributed by atoms with Crippen molar-refractivity contribution in [1.82, 2.24) is 9.55 Å². The van der Waals surface area contributed by atoms with Crippen LogP contribution in [0, 0.1) is 5.92 Å². The molecule has 24 heavy (non-hydrogen) atoms. The van der Waals surface area contributed by atoms with E-state index in [1.165, 1.54) is 89.2 Å². The highest BCUT2D eigenvalue weighted by Gasteiger charge is 2.19. The molecule has 3 heteroatoms. The molecular formula is C21H38N2S. The van der Waals surface area contributed by atoms with Gasteiger partial charge in [0.2, 0.25) is 0 Å². The van der Waals surface area contributed by atoms with Crippen molar-refractivity contribution in [2.24, 2.45) is 5.92 Å². The maximum absolute atomic E-state index is 4.16. The van der Waals surface area contributed by atoms with Gasteiger partial charge in [0.05, 0.1) is 6.33 Å². The van der Waals surface area contributed by atoms with Crippen molar-refractivity contribution in [3.05, 3.63) is 18.7 Å². The molecular weight excluding hydrogens is 312 g/mol. The van der Waals surface area contributed by atoms with E-state index in [2.05, 4.69) is 34.4 Å². The number of aromatic nitrogens is 2. The van der Waals surface area contributed by atoms with E-state index in [0.29, 0.717) is 0 Å². The lowest BCUT2D eigenvalue weighted by atomic mass is 9.85. The highest BCUT2D eigenvalue weighted by atomic mass is 32.2. The molecule has 1 unspecified atom stereocenters. The van der Waals surface area contributed by atoms with Crippen LogP contribution in [0.5, 0.6) is 0 Å². The SMILES string of the molecule is CCCCCCCSC(CCCn1ccnc1)CC1CCCCC1. The van der Waals surface area contributed by atoms with Gasteiger partial charge >= 0.3 is 0 Å². The van der Waals surface area contributed by atoms with Crippen LogP contribution in [0.3, 0.4) is 0 Å². The summed E-state index contributed by atoms with van der Waals surface area (Å²) in [5, 5.41) is 0.891. The largest absolute Gasteiger partial charge is 0.337 e. The van der Waals surface area contributed by atoms with Crippen LogP contribution in [0.25, 0.3) is 0 Å². The summed E-state index contributed by atoms with van der Waals surface area (Å²) >= 11 is 2.29. The van der Waals surface area contributed by atoms with Crippen LogP contribution in [-0.4, -0.2) is 20.6 Å². The third-order valence-corrected chi connectivity index (χ3v) is 6.85. The fourth-order valence-electron chi connectivity index (χ4n) is 3.94. The minimum atomic E-state index is 0.891. The molecule has 1 atom stereocenters. The van der Waals surface area contributed by atoms with E-state index < -0.39 is 0 Å². The first-order chi connectivity index (χ1) is 11.9. The Morgan fingerprint density at radius 1 is 1.08 bits per heavy atom. The van der Waals surface area contributed by atoms with E-state index in [1.54, 1.807) is 0 Å². The second kappa shape index (κ2) is 12.9.